The molecule has 0 bridgehead atoms. The molecule has 0 aliphatic rings. The molecule has 0 fully saturated rings. The number of hydrogen-bond acceptors (Lipinski definition) is 5. The smallest absolute Gasteiger partial charge is 0.306 e. The van der Waals surface area contributed by atoms with E-state index >= 15 is 0 Å². The molecule has 0 aliphatic carbocycles. The molecule has 0 aromatic carbocycles. The Balaban J connectivity index is 4.63. The fourth-order valence-corrected chi connectivity index (χ4v) is 8.81. The second-order valence-corrected chi connectivity index (χ2v) is 20.0. The van der Waals surface area contributed by atoms with Crippen molar-refractivity contribution in [3.8, 4) is 0 Å². The number of carbonyl (C=O) groups is 2. The first kappa shape index (κ1) is 66.3. The van der Waals surface area contributed by atoms with Crippen molar-refractivity contribution in [1.29, 1.82) is 0 Å². The van der Waals surface area contributed by atoms with Crippen molar-refractivity contribution < 1.29 is 24.5 Å². The second kappa shape index (κ2) is 56.2. The van der Waals surface area contributed by atoms with E-state index in [1.807, 2.05) is 0 Å². The van der Waals surface area contributed by atoms with Gasteiger partial charge in [0.2, 0.25) is 5.91 Å². The van der Waals surface area contributed by atoms with E-state index in [1.54, 1.807) is 0 Å². The quantitative estimate of drug-likeness (QED) is 0.0321. The predicted molar refractivity (Wildman–Crippen MR) is 301 cm³/mol. The Morgan fingerprint density at radius 1 is 0.435 bits per heavy atom. The summed E-state index contributed by atoms with van der Waals surface area (Å²) in [7, 11) is 0. The van der Waals surface area contributed by atoms with Gasteiger partial charge in [-0.15, -0.1) is 0 Å². The van der Waals surface area contributed by atoms with Crippen molar-refractivity contribution in [2.24, 2.45) is 0 Å². The summed E-state index contributed by atoms with van der Waals surface area (Å²) in [6.07, 6.45) is 72.5. The highest BCUT2D eigenvalue weighted by Crippen LogP contribution is 2.18. The van der Waals surface area contributed by atoms with Gasteiger partial charge in [0, 0.05) is 6.42 Å². The van der Waals surface area contributed by atoms with E-state index < -0.39 is 18.2 Å². The van der Waals surface area contributed by atoms with Gasteiger partial charge in [-0.1, -0.05) is 254 Å². The van der Waals surface area contributed by atoms with Crippen LogP contribution in [-0.4, -0.2) is 46.9 Å². The van der Waals surface area contributed by atoms with Gasteiger partial charge in [0.05, 0.1) is 25.2 Å². The SMILES string of the molecule is CC/C=C\C/C=C\C/C=C\C/C=C\C/C=C\CCCCCC(=O)OC(CCCCCCCCC/C=C/CCCCCCCC)CC(=O)NC(CO)C(O)CCCCCCCCCCCCCCCC. The molecule has 400 valence electrons. The number of rotatable bonds is 53. The van der Waals surface area contributed by atoms with Crippen LogP contribution in [0.25, 0.3) is 0 Å². The molecule has 3 atom stereocenters. The van der Waals surface area contributed by atoms with Crippen LogP contribution in [0.4, 0.5) is 0 Å². The minimum Gasteiger partial charge on any atom is -0.462 e. The minimum atomic E-state index is -0.798. The van der Waals surface area contributed by atoms with Gasteiger partial charge in [-0.05, 0) is 96.3 Å². The third kappa shape index (κ3) is 51.5. The summed E-state index contributed by atoms with van der Waals surface area (Å²) in [5.41, 5.74) is 0. The van der Waals surface area contributed by atoms with E-state index in [1.165, 1.54) is 148 Å². The summed E-state index contributed by atoms with van der Waals surface area (Å²) >= 11 is 0. The van der Waals surface area contributed by atoms with Crippen molar-refractivity contribution in [3.05, 3.63) is 72.9 Å². The van der Waals surface area contributed by atoms with Crippen molar-refractivity contribution in [3.63, 3.8) is 0 Å². The molecule has 69 heavy (non-hydrogen) atoms. The van der Waals surface area contributed by atoms with Gasteiger partial charge in [-0.3, -0.25) is 9.59 Å². The maximum absolute atomic E-state index is 13.3. The predicted octanol–water partition coefficient (Wildman–Crippen LogP) is 18.5. The molecule has 6 nitrogen and oxygen atoms in total. The first-order valence-electron chi connectivity index (χ1n) is 29.7. The number of carbonyl (C=O) groups excluding carboxylic acids is 2. The average molecular weight is 965 g/mol. The maximum Gasteiger partial charge on any atom is 0.306 e. The van der Waals surface area contributed by atoms with Gasteiger partial charge in [-0.2, -0.15) is 0 Å². The van der Waals surface area contributed by atoms with Gasteiger partial charge < -0.3 is 20.3 Å². The largest absolute Gasteiger partial charge is 0.462 e. The molecule has 0 saturated carbocycles. The van der Waals surface area contributed by atoms with Crippen LogP contribution in [0.2, 0.25) is 0 Å². The summed E-state index contributed by atoms with van der Waals surface area (Å²) < 4.78 is 5.96. The van der Waals surface area contributed by atoms with Crippen LogP contribution in [0.5, 0.6) is 0 Å². The zero-order valence-corrected chi connectivity index (χ0v) is 45.7. The maximum atomic E-state index is 13.3. The van der Waals surface area contributed by atoms with E-state index in [-0.39, 0.29) is 24.9 Å². The number of unbranched alkanes of at least 4 members (excludes halogenated alkanes) is 29. The molecule has 0 aromatic heterocycles. The molecule has 3 N–H and O–H groups in total. The third-order valence-corrected chi connectivity index (χ3v) is 13.3. The Bertz CT molecular complexity index is 1270. The highest BCUT2D eigenvalue weighted by atomic mass is 16.5. The lowest BCUT2D eigenvalue weighted by Gasteiger charge is -2.24. The molecular formula is C63H113NO5. The Morgan fingerprint density at radius 2 is 0.783 bits per heavy atom. The lowest BCUT2D eigenvalue weighted by atomic mass is 10.0. The number of allylic oxidation sites excluding steroid dienone is 12. The highest BCUT2D eigenvalue weighted by Gasteiger charge is 2.24. The highest BCUT2D eigenvalue weighted by molar-refractivity contribution is 5.77. The molecular weight excluding hydrogens is 851 g/mol. The van der Waals surface area contributed by atoms with Crippen LogP contribution >= 0.6 is 0 Å². The van der Waals surface area contributed by atoms with E-state index in [0.717, 1.165) is 96.3 Å². The van der Waals surface area contributed by atoms with Gasteiger partial charge >= 0.3 is 5.97 Å². The summed E-state index contributed by atoms with van der Waals surface area (Å²) in [5.74, 6) is -0.509. The molecule has 0 rings (SSSR count). The van der Waals surface area contributed by atoms with E-state index in [9.17, 15) is 19.8 Å². The fraction of sp³-hybridized carbons (Fsp3) is 0.778. The van der Waals surface area contributed by atoms with Crippen LogP contribution in [-0.2, 0) is 14.3 Å². The molecule has 1 amide bonds. The number of hydrogen-bond donors (Lipinski definition) is 3. The molecule has 6 heteroatoms. The average Bonchev–Trinajstić information content (AvgIpc) is 3.34. The molecule has 0 radical (unpaired) electrons. The molecule has 0 aromatic rings. The molecule has 0 aliphatic heterocycles. The van der Waals surface area contributed by atoms with Crippen LogP contribution in [0.1, 0.15) is 290 Å². The molecule has 0 heterocycles. The number of nitrogens with one attached hydrogen (secondary N) is 1. The standard InChI is InChI=1S/C63H113NO5/c1-4-7-10-13-16-19-22-25-28-30-31-33-35-38-41-44-47-50-53-56-63(68)69-59(54-51-48-45-42-39-36-34-32-29-26-23-20-17-14-11-8-5-2)57-62(67)64-60(58-65)61(66)55-52-49-46-43-40-37-27-24-21-18-15-12-9-6-3/h7,10,16,19,25-26,28-29,31,33,38,41,59-61,65-66H,4-6,8-9,11-15,17-18,20-24,27,30,32,34-37,39-40,42-58H2,1-3H3,(H,64,67)/b10-7-,19-16-,28-25-,29-26+,33-31-,41-38-. The van der Waals surface area contributed by atoms with Crippen molar-refractivity contribution in [2.75, 3.05) is 6.61 Å². The zero-order valence-electron chi connectivity index (χ0n) is 45.7. The van der Waals surface area contributed by atoms with Crippen molar-refractivity contribution >= 4 is 11.9 Å². The topological polar surface area (TPSA) is 95.9 Å². The monoisotopic (exact) mass is 964 g/mol. The Kier molecular flexibility index (Phi) is 54.0. The third-order valence-electron chi connectivity index (χ3n) is 13.3. The van der Waals surface area contributed by atoms with Crippen molar-refractivity contribution in [2.45, 2.75) is 309 Å². The number of aliphatic hydroxyl groups excluding tert-OH is 2. The lowest BCUT2D eigenvalue weighted by molar-refractivity contribution is -0.151. The second-order valence-electron chi connectivity index (χ2n) is 20.0. The normalized spacial score (nSPS) is 13.6. The van der Waals surface area contributed by atoms with E-state index in [0.29, 0.717) is 19.3 Å². The molecule has 0 saturated heterocycles. The lowest BCUT2D eigenvalue weighted by Crippen LogP contribution is -2.46. The summed E-state index contributed by atoms with van der Waals surface area (Å²) in [6.45, 7) is 6.38. The van der Waals surface area contributed by atoms with Gasteiger partial charge in [0.15, 0.2) is 0 Å². The fourth-order valence-electron chi connectivity index (χ4n) is 8.81. The number of amides is 1. The summed E-state index contributed by atoms with van der Waals surface area (Å²) in [5, 5.41) is 23.9. The van der Waals surface area contributed by atoms with Crippen LogP contribution in [0, 0.1) is 0 Å². The zero-order chi connectivity index (χ0) is 50.2. The Hall–Kier alpha value is -2.70. The van der Waals surface area contributed by atoms with Crippen molar-refractivity contribution in [1.82, 2.24) is 5.32 Å². The first-order valence-corrected chi connectivity index (χ1v) is 29.7. The van der Waals surface area contributed by atoms with Gasteiger partial charge in [0.1, 0.15) is 6.10 Å². The van der Waals surface area contributed by atoms with Crippen LogP contribution in [0.3, 0.4) is 0 Å². The Labute approximate surface area is 428 Å². The number of esters is 1. The first-order chi connectivity index (χ1) is 34.0. The Morgan fingerprint density at radius 3 is 1.20 bits per heavy atom. The summed E-state index contributed by atoms with van der Waals surface area (Å²) in [6, 6.07) is -0.713. The van der Waals surface area contributed by atoms with Gasteiger partial charge in [-0.25, -0.2) is 0 Å². The van der Waals surface area contributed by atoms with E-state index in [4.69, 9.17) is 4.74 Å². The van der Waals surface area contributed by atoms with E-state index in [2.05, 4.69) is 99.0 Å². The molecule has 0 spiro atoms. The minimum absolute atomic E-state index is 0.0598. The van der Waals surface area contributed by atoms with Crippen LogP contribution < -0.4 is 5.32 Å². The molecule has 3 unspecified atom stereocenters. The summed E-state index contributed by atoms with van der Waals surface area (Å²) in [4.78, 5) is 26.3. The number of ether oxygens (including phenoxy) is 1. The number of aliphatic hydroxyl groups is 2. The van der Waals surface area contributed by atoms with Gasteiger partial charge in [0.25, 0.3) is 0 Å². The van der Waals surface area contributed by atoms with Crippen LogP contribution in [0.15, 0.2) is 72.9 Å².